The van der Waals surface area contributed by atoms with Crippen molar-refractivity contribution in [1.29, 1.82) is 0 Å². The molecule has 86 valence electrons. The van der Waals surface area contributed by atoms with Gasteiger partial charge in [-0.05, 0) is 14.0 Å². The van der Waals surface area contributed by atoms with E-state index in [-0.39, 0.29) is 19.1 Å². The number of ether oxygens (including phenoxy) is 2. The van der Waals surface area contributed by atoms with Crippen molar-refractivity contribution in [2.24, 2.45) is 0 Å². The Balaban J connectivity index is 2.50. The summed E-state index contributed by atoms with van der Waals surface area (Å²) in [7, 11) is 1.72. The van der Waals surface area contributed by atoms with Crippen molar-refractivity contribution in [1.82, 2.24) is 5.32 Å². The Morgan fingerprint density at radius 2 is 2.31 bits per heavy atom. The molecule has 0 saturated carbocycles. The van der Waals surface area contributed by atoms with Crippen LogP contribution in [0.4, 0.5) is 0 Å². The number of nitrogens with one attached hydrogen (secondary N) is 1. The van der Waals surface area contributed by atoms with E-state index in [1.807, 2.05) is 6.92 Å². The Labute approximate surface area is 98.5 Å². The summed E-state index contributed by atoms with van der Waals surface area (Å²) in [6.45, 7) is 2.23. The van der Waals surface area contributed by atoms with Crippen LogP contribution in [0, 0.1) is 6.92 Å². The highest BCUT2D eigenvalue weighted by molar-refractivity contribution is 6.34. The number of fused-ring (bicyclic) bond motifs is 1. The van der Waals surface area contributed by atoms with Gasteiger partial charge in [-0.25, -0.2) is 0 Å². The summed E-state index contributed by atoms with van der Waals surface area (Å²) in [6.07, 6.45) is 0. The predicted octanol–water partition coefficient (Wildman–Crippen LogP) is 1.78. The maximum Gasteiger partial charge on any atom is 0.231 e. The summed E-state index contributed by atoms with van der Waals surface area (Å²) in [5.74, 6) is 1.16. The van der Waals surface area contributed by atoms with Gasteiger partial charge in [0, 0.05) is 17.2 Å². The van der Waals surface area contributed by atoms with E-state index < -0.39 is 0 Å². The lowest BCUT2D eigenvalue weighted by Crippen LogP contribution is -2.19. The molecule has 2 rings (SSSR count). The van der Waals surface area contributed by atoms with Crippen molar-refractivity contribution >= 4 is 17.4 Å². The Bertz CT molecular complexity index is 445. The molecule has 0 aromatic heterocycles. The molecule has 1 aromatic carbocycles. The van der Waals surface area contributed by atoms with Gasteiger partial charge in [0.05, 0.1) is 11.6 Å². The first-order valence-corrected chi connectivity index (χ1v) is 5.29. The van der Waals surface area contributed by atoms with Gasteiger partial charge in [0.2, 0.25) is 6.79 Å². The molecular formula is C11H12ClNO3. The molecule has 1 aromatic rings. The highest BCUT2D eigenvalue weighted by atomic mass is 35.5. The van der Waals surface area contributed by atoms with Gasteiger partial charge in [-0.3, -0.25) is 4.79 Å². The molecule has 0 saturated heterocycles. The summed E-state index contributed by atoms with van der Waals surface area (Å²) in [6, 6.07) is 1.62. The van der Waals surface area contributed by atoms with E-state index in [0.717, 1.165) is 5.56 Å². The van der Waals surface area contributed by atoms with Gasteiger partial charge >= 0.3 is 0 Å². The molecule has 0 radical (unpaired) electrons. The van der Waals surface area contributed by atoms with Crippen molar-refractivity contribution in [3.05, 3.63) is 22.2 Å². The molecular weight excluding hydrogens is 230 g/mol. The van der Waals surface area contributed by atoms with Crippen molar-refractivity contribution in [2.45, 2.75) is 6.92 Å². The SMILES string of the molecule is CNCC(=O)c1c(Cl)cc2c(c1C)OCO2. The van der Waals surface area contributed by atoms with Crippen molar-refractivity contribution < 1.29 is 14.3 Å². The molecule has 16 heavy (non-hydrogen) atoms. The number of carbonyl (C=O) groups excluding carboxylic acids is 1. The first-order valence-electron chi connectivity index (χ1n) is 4.91. The van der Waals surface area contributed by atoms with E-state index in [4.69, 9.17) is 21.1 Å². The van der Waals surface area contributed by atoms with Gasteiger partial charge in [0.25, 0.3) is 0 Å². The molecule has 1 heterocycles. The summed E-state index contributed by atoms with van der Waals surface area (Å²) < 4.78 is 10.5. The lowest BCUT2D eigenvalue weighted by Gasteiger charge is -2.09. The lowest BCUT2D eigenvalue weighted by molar-refractivity contribution is 0.0992. The van der Waals surface area contributed by atoms with Crippen LogP contribution in [0.15, 0.2) is 6.07 Å². The number of benzene rings is 1. The van der Waals surface area contributed by atoms with Crippen LogP contribution in [0.2, 0.25) is 5.02 Å². The Morgan fingerprint density at radius 3 is 3.00 bits per heavy atom. The molecule has 0 spiro atoms. The van der Waals surface area contributed by atoms with Crippen LogP contribution in [0.1, 0.15) is 15.9 Å². The summed E-state index contributed by atoms with van der Waals surface area (Å²) >= 11 is 6.06. The van der Waals surface area contributed by atoms with E-state index in [0.29, 0.717) is 22.1 Å². The third-order valence-electron chi connectivity index (χ3n) is 2.47. The molecule has 0 bridgehead atoms. The third-order valence-corrected chi connectivity index (χ3v) is 2.77. The average molecular weight is 242 g/mol. The quantitative estimate of drug-likeness (QED) is 0.820. The van der Waals surface area contributed by atoms with Gasteiger partial charge in [-0.2, -0.15) is 0 Å². The predicted molar refractivity (Wildman–Crippen MR) is 60.6 cm³/mol. The fourth-order valence-electron chi connectivity index (χ4n) is 1.76. The van der Waals surface area contributed by atoms with E-state index in [1.54, 1.807) is 13.1 Å². The minimum Gasteiger partial charge on any atom is -0.454 e. The number of halogens is 1. The second kappa shape index (κ2) is 4.31. The first-order chi connectivity index (χ1) is 7.65. The number of hydrogen-bond acceptors (Lipinski definition) is 4. The van der Waals surface area contributed by atoms with Crippen LogP contribution in [0.25, 0.3) is 0 Å². The molecule has 1 N–H and O–H groups in total. The zero-order valence-electron chi connectivity index (χ0n) is 9.09. The molecule has 4 nitrogen and oxygen atoms in total. The summed E-state index contributed by atoms with van der Waals surface area (Å²) in [5.41, 5.74) is 1.24. The monoisotopic (exact) mass is 241 g/mol. The van der Waals surface area contributed by atoms with Crippen LogP contribution in [-0.2, 0) is 0 Å². The maximum absolute atomic E-state index is 11.8. The van der Waals surface area contributed by atoms with Crippen molar-refractivity contribution in [2.75, 3.05) is 20.4 Å². The van der Waals surface area contributed by atoms with Gasteiger partial charge in [0.15, 0.2) is 17.3 Å². The highest BCUT2D eigenvalue weighted by Crippen LogP contribution is 2.40. The van der Waals surface area contributed by atoms with Gasteiger partial charge < -0.3 is 14.8 Å². The molecule has 0 fully saturated rings. The van der Waals surface area contributed by atoms with Gasteiger partial charge in [0.1, 0.15) is 0 Å². The molecule has 0 amide bonds. The zero-order chi connectivity index (χ0) is 11.7. The molecule has 0 aliphatic carbocycles. The lowest BCUT2D eigenvalue weighted by atomic mass is 10.0. The number of likely N-dealkylation sites (N-methyl/N-ethyl adjacent to an activating group) is 1. The second-order valence-electron chi connectivity index (χ2n) is 3.55. The highest BCUT2D eigenvalue weighted by Gasteiger charge is 2.24. The Morgan fingerprint density at radius 1 is 1.56 bits per heavy atom. The molecule has 1 aliphatic rings. The van der Waals surface area contributed by atoms with E-state index >= 15 is 0 Å². The minimum atomic E-state index is -0.0525. The summed E-state index contributed by atoms with van der Waals surface area (Å²) in [5, 5.41) is 3.21. The van der Waals surface area contributed by atoms with Crippen molar-refractivity contribution in [3.8, 4) is 11.5 Å². The summed E-state index contributed by atoms with van der Waals surface area (Å²) in [4.78, 5) is 11.8. The number of ketones is 1. The fourth-order valence-corrected chi connectivity index (χ4v) is 2.11. The third kappa shape index (κ3) is 1.74. The smallest absolute Gasteiger partial charge is 0.231 e. The zero-order valence-corrected chi connectivity index (χ0v) is 9.85. The number of Topliss-reactive ketones (excluding diaryl/α,β-unsaturated/α-hetero) is 1. The first kappa shape index (κ1) is 11.2. The van der Waals surface area contributed by atoms with E-state index in [2.05, 4.69) is 5.32 Å². The van der Waals surface area contributed by atoms with Gasteiger partial charge in [-0.1, -0.05) is 11.6 Å². The normalized spacial score (nSPS) is 12.9. The van der Waals surface area contributed by atoms with Crippen LogP contribution in [-0.4, -0.2) is 26.2 Å². The van der Waals surface area contributed by atoms with E-state index in [1.165, 1.54) is 0 Å². The molecule has 0 unspecified atom stereocenters. The topological polar surface area (TPSA) is 47.6 Å². The Kier molecular flexibility index (Phi) is 3.03. The number of hydrogen-bond donors (Lipinski definition) is 1. The molecule has 1 aliphatic heterocycles. The Hall–Kier alpha value is -1.26. The molecule has 0 atom stereocenters. The maximum atomic E-state index is 11.8. The largest absolute Gasteiger partial charge is 0.454 e. The minimum absolute atomic E-state index is 0.0525. The van der Waals surface area contributed by atoms with Gasteiger partial charge in [-0.15, -0.1) is 0 Å². The van der Waals surface area contributed by atoms with Crippen LogP contribution < -0.4 is 14.8 Å². The van der Waals surface area contributed by atoms with E-state index in [9.17, 15) is 4.79 Å². The van der Waals surface area contributed by atoms with Crippen molar-refractivity contribution in [3.63, 3.8) is 0 Å². The van der Waals surface area contributed by atoms with Crippen LogP contribution >= 0.6 is 11.6 Å². The standard InChI is InChI=1S/C11H12ClNO3/c1-6-10(8(14)4-13-2)7(12)3-9-11(6)16-5-15-9/h3,13H,4-5H2,1-2H3. The van der Waals surface area contributed by atoms with Crippen LogP contribution in [0.5, 0.6) is 11.5 Å². The molecule has 5 heteroatoms. The second-order valence-corrected chi connectivity index (χ2v) is 3.95. The van der Waals surface area contributed by atoms with Crippen LogP contribution in [0.3, 0.4) is 0 Å². The average Bonchev–Trinajstić information content (AvgIpc) is 2.66. The number of rotatable bonds is 3. The fraction of sp³-hybridized carbons (Fsp3) is 0.364. The number of carbonyl (C=O) groups is 1.